The van der Waals surface area contributed by atoms with E-state index < -0.39 is 0 Å². The molecule has 0 spiro atoms. The van der Waals surface area contributed by atoms with E-state index in [2.05, 4.69) is 216 Å². The summed E-state index contributed by atoms with van der Waals surface area (Å²) in [6.07, 6.45) is 1.73. The molecule has 0 saturated heterocycles. The molecule has 0 aliphatic carbocycles. The maximum atomic E-state index is 10.1. The number of nitriles is 1. The molecule has 12 aromatic rings. The summed E-state index contributed by atoms with van der Waals surface area (Å²) in [7, 11) is 0. The molecule has 0 fully saturated rings. The molecule has 3 heterocycles. The van der Waals surface area contributed by atoms with Gasteiger partial charge in [-0.25, -0.2) is 9.97 Å². The molecule has 3 aromatic heterocycles. The second-order valence-electron chi connectivity index (χ2n) is 21.7. The predicted molar refractivity (Wildman–Crippen MR) is 320 cm³/mol. The van der Waals surface area contributed by atoms with Crippen molar-refractivity contribution in [2.45, 2.75) is 79.1 Å². The van der Waals surface area contributed by atoms with Crippen molar-refractivity contribution < 1.29 is 9.15 Å². The Morgan fingerprint density at radius 2 is 0.923 bits per heavy atom. The molecule has 0 aliphatic rings. The molecule has 382 valence electrons. The maximum absolute atomic E-state index is 10.1. The lowest BCUT2D eigenvalue weighted by Crippen LogP contribution is -2.09. The predicted octanol–water partition coefficient (Wildman–Crippen LogP) is 19.6. The molecule has 0 radical (unpaired) electrons. The first-order chi connectivity index (χ1) is 37.9. The van der Waals surface area contributed by atoms with Crippen molar-refractivity contribution in [3.8, 4) is 85.1 Å². The van der Waals surface area contributed by atoms with Gasteiger partial charge in [-0.1, -0.05) is 165 Å². The average molecular weight is 1020 g/mol. The fourth-order valence-electron chi connectivity index (χ4n) is 11.2. The Morgan fingerprint density at radius 3 is 1.51 bits per heavy atom. The fourth-order valence-corrected chi connectivity index (χ4v) is 11.2. The van der Waals surface area contributed by atoms with Crippen LogP contribution < -0.4 is 4.74 Å². The van der Waals surface area contributed by atoms with Crippen molar-refractivity contribution in [3.05, 3.63) is 228 Å². The highest BCUT2D eigenvalue weighted by molar-refractivity contribution is 5.96. The van der Waals surface area contributed by atoms with E-state index in [1.54, 1.807) is 6.26 Å². The Bertz CT molecular complexity index is 4190. The van der Waals surface area contributed by atoms with Crippen LogP contribution in [0.1, 0.15) is 107 Å². The highest BCUT2D eigenvalue weighted by atomic mass is 16.5. The zero-order valence-corrected chi connectivity index (χ0v) is 45.4. The molecule has 7 heteroatoms. The average Bonchev–Trinajstić information content (AvgIpc) is 4.40. The zero-order valence-electron chi connectivity index (χ0n) is 45.4. The van der Waals surface area contributed by atoms with E-state index in [4.69, 9.17) is 19.1 Å². The SMILES string of the molecule is CC(C)c1cc(-c2ccccc2)cc(C(C)C)c1-n1c(-c2cccc(Oc3cc(-c4nc5cc(C#N)ccc5n4-c4c(C(C)C)cc(-c5ccc(-c6ccccc6)cc5)cc4C(C)C)c4occc4c3)c2)nc2ccccc21. The number of fused-ring (bicyclic) bond motifs is 3. The van der Waals surface area contributed by atoms with E-state index in [-0.39, 0.29) is 23.7 Å². The minimum atomic E-state index is 0.145. The van der Waals surface area contributed by atoms with Gasteiger partial charge in [-0.05, 0) is 164 Å². The van der Waals surface area contributed by atoms with Gasteiger partial charge in [0.1, 0.15) is 28.7 Å². The van der Waals surface area contributed by atoms with Crippen LogP contribution >= 0.6 is 0 Å². The molecule has 12 rings (SSSR count). The Balaban J connectivity index is 0.994. The largest absolute Gasteiger partial charge is 0.464 e. The van der Waals surface area contributed by atoms with Gasteiger partial charge >= 0.3 is 0 Å². The van der Waals surface area contributed by atoms with E-state index in [0.29, 0.717) is 34.0 Å². The van der Waals surface area contributed by atoms with Gasteiger partial charge in [0, 0.05) is 10.9 Å². The lowest BCUT2D eigenvalue weighted by Gasteiger charge is -2.24. The summed E-state index contributed by atoms with van der Waals surface area (Å²) in [6.45, 7) is 18.2. The van der Waals surface area contributed by atoms with E-state index in [1.165, 1.54) is 50.2 Å². The number of hydrogen-bond acceptors (Lipinski definition) is 5. The second kappa shape index (κ2) is 20.4. The molecule has 0 unspecified atom stereocenters. The van der Waals surface area contributed by atoms with E-state index in [9.17, 15) is 5.26 Å². The minimum absolute atomic E-state index is 0.145. The number of benzene rings is 9. The van der Waals surface area contributed by atoms with E-state index in [0.717, 1.165) is 55.7 Å². The van der Waals surface area contributed by atoms with Crippen LogP contribution in [0.15, 0.2) is 205 Å². The van der Waals surface area contributed by atoms with Crippen LogP contribution in [0, 0.1) is 11.3 Å². The quantitative estimate of drug-likeness (QED) is 0.115. The Kier molecular flexibility index (Phi) is 13.0. The molecule has 0 atom stereocenters. The summed E-state index contributed by atoms with van der Waals surface area (Å²) in [5.74, 6) is 3.58. The van der Waals surface area contributed by atoms with Crippen LogP contribution in [0.2, 0.25) is 0 Å². The highest BCUT2D eigenvalue weighted by Crippen LogP contribution is 2.45. The van der Waals surface area contributed by atoms with Crippen LogP contribution in [0.4, 0.5) is 0 Å². The zero-order chi connectivity index (χ0) is 53.8. The summed E-state index contributed by atoms with van der Waals surface area (Å²) in [5, 5.41) is 11.0. The highest BCUT2D eigenvalue weighted by Gasteiger charge is 2.28. The minimum Gasteiger partial charge on any atom is -0.464 e. The van der Waals surface area contributed by atoms with Crippen LogP contribution in [0.25, 0.3) is 101 Å². The number of ether oxygens (including phenoxy) is 1. The molecule has 78 heavy (non-hydrogen) atoms. The van der Waals surface area contributed by atoms with Crippen molar-refractivity contribution in [1.82, 2.24) is 19.1 Å². The van der Waals surface area contributed by atoms with Crippen molar-refractivity contribution >= 4 is 33.0 Å². The van der Waals surface area contributed by atoms with Crippen LogP contribution in [-0.2, 0) is 0 Å². The van der Waals surface area contributed by atoms with Crippen LogP contribution in [0.5, 0.6) is 11.5 Å². The fraction of sp³-hybridized carbons (Fsp3) is 0.169. The monoisotopic (exact) mass is 1020 g/mol. The van der Waals surface area contributed by atoms with Gasteiger partial charge in [-0.15, -0.1) is 0 Å². The summed E-state index contributed by atoms with van der Waals surface area (Å²) in [5.41, 5.74) is 20.7. The summed E-state index contributed by atoms with van der Waals surface area (Å²) < 4.78 is 18.1. The van der Waals surface area contributed by atoms with E-state index >= 15 is 0 Å². The molecule has 0 N–H and O–H groups in total. The third-order valence-electron chi connectivity index (χ3n) is 15.1. The van der Waals surface area contributed by atoms with Crippen molar-refractivity contribution in [1.29, 1.82) is 5.26 Å². The molecule has 9 aromatic carbocycles. The molecule has 0 amide bonds. The first kappa shape index (κ1) is 49.6. The Hall–Kier alpha value is -9.25. The van der Waals surface area contributed by atoms with Gasteiger partial charge in [0.25, 0.3) is 0 Å². The van der Waals surface area contributed by atoms with Crippen molar-refractivity contribution in [2.24, 2.45) is 0 Å². The van der Waals surface area contributed by atoms with Gasteiger partial charge in [0.15, 0.2) is 0 Å². The number of nitrogens with zero attached hydrogens (tertiary/aromatic N) is 5. The van der Waals surface area contributed by atoms with Gasteiger partial charge in [0.2, 0.25) is 0 Å². The molecule has 0 aliphatic heterocycles. The van der Waals surface area contributed by atoms with Gasteiger partial charge in [-0.3, -0.25) is 9.13 Å². The lowest BCUT2D eigenvalue weighted by atomic mass is 9.87. The summed E-state index contributed by atoms with van der Waals surface area (Å²) in [4.78, 5) is 10.8. The van der Waals surface area contributed by atoms with E-state index in [1.807, 2.05) is 48.5 Å². The third-order valence-corrected chi connectivity index (χ3v) is 15.1. The van der Waals surface area contributed by atoms with Gasteiger partial charge in [0.05, 0.1) is 56.9 Å². The Morgan fingerprint density at radius 1 is 0.423 bits per heavy atom. The molecular weight excluding hydrogens is 955 g/mol. The summed E-state index contributed by atoms with van der Waals surface area (Å²) in [6, 6.07) is 70.4. The number of rotatable bonds is 13. The molecule has 7 nitrogen and oxygen atoms in total. The molecular formula is C71H61N5O2. The number of imidazole rings is 2. The first-order valence-electron chi connectivity index (χ1n) is 27.2. The number of hydrogen-bond donors (Lipinski definition) is 0. The Labute approximate surface area is 456 Å². The lowest BCUT2D eigenvalue weighted by molar-refractivity contribution is 0.483. The molecule has 0 saturated carbocycles. The normalized spacial score (nSPS) is 11.8. The number of furan rings is 1. The first-order valence-corrected chi connectivity index (χ1v) is 27.2. The third kappa shape index (κ3) is 9.03. The standard InChI is InChI=1S/C71H61N5O2/c1-43(2)58-37-54(49-20-13-10-14-21-49)38-59(44(3)4)67(58)75-65-25-16-15-24-63(65)73-70(75)53-22-17-23-56(36-53)78-57-35-52-32-33-77-69(52)62(41-57)71-74-64-34-47(42-72)26-31-66(64)76(71)68-60(45(5)6)39-55(40-61(68)46(7)8)51-29-27-50(28-30-51)48-18-11-9-12-19-48/h9-41,43-46H,1-8H3. The maximum Gasteiger partial charge on any atom is 0.149 e. The van der Waals surface area contributed by atoms with Gasteiger partial charge in [-0.2, -0.15) is 5.26 Å². The number of para-hydroxylation sites is 2. The van der Waals surface area contributed by atoms with Gasteiger partial charge < -0.3 is 9.15 Å². The number of aromatic nitrogens is 4. The molecule has 0 bridgehead atoms. The summed E-state index contributed by atoms with van der Waals surface area (Å²) >= 11 is 0. The van der Waals surface area contributed by atoms with Crippen molar-refractivity contribution in [2.75, 3.05) is 0 Å². The van der Waals surface area contributed by atoms with Crippen molar-refractivity contribution in [3.63, 3.8) is 0 Å². The van der Waals surface area contributed by atoms with Crippen LogP contribution in [-0.4, -0.2) is 19.1 Å². The second-order valence-corrected chi connectivity index (χ2v) is 21.7. The smallest absolute Gasteiger partial charge is 0.149 e. The van der Waals surface area contributed by atoms with Crippen LogP contribution in [0.3, 0.4) is 0 Å². The topological polar surface area (TPSA) is 81.8 Å².